The second kappa shape index (κ2) is 6.34. The van der Waals surface area contributed by atoms with Crippen molar-refractivity contribution in [2.45, 2.75) is 59.9 Å². The summed E-state index contributed by atoms with van der Waals surface area (Å²) in [4.78, 5) is 21.3. The average Bonchev–Trinajstić information content (AvgIpc) is 3.29. The van der Waals surface area contributed by atoms with Crippen molar-refractivity contribution in [2.24, 2.45) is 5.92 Å². The number of aromatic nitrogens is 4. The monoisotopic (exact) mass is 327 g/mol. The van der Waals surface area contributed by atoms with E-state index in [1.165, 1.54) is 12.8 Å². The second-order valence-electron chi connectivity index (χ2n) is 6.88. The van der Waals surface area contributed by atoms with Gasteiger partial charge in [0.2, 0.25) is 5.91 Å². The van der Waals surface area contributed by atoms with Crippen molar-refractivity contribution in [3.05, 3.63) is 34.4 Å². The van der Waals surface area contributed by atoms with Gasteiger partial charge >= 0.3 is 0 Å². The molecular weight excluding hydrogens is 302 g/mol. The summed E-state index contributed by atoms with van der Waals surface area (Å²) in [6.45, 7) is 9.87. The molecule has 6 heteroatoms. The van der Waals surface area contributed by atoms with Crippen LogP contribution in [-0.2, 0) is 11.2 Å². The molecule has 0 radical (unpaired) electrons. The lowest BCUT2D eigenvalue weighted by atomic mass is 10.1. The zero-order chi connectivity index (χ0) is 17.4. The van der Waals surface area contributed by atoms with Crippen LogP contribution in [0.4, 0.5) is 0 Å². The van der Waals surface area contributed by atoms with Crippen molar-refractivity contribution in [3.63, 3.8) is 0 Å². The van der Waals surface area contributed by atoms with Crippen LogP contribution in [-0.4, -0.2) is 31.7 Å². The number of carbonyl (C=O) groups is 1. The van der Waals surface area contributed by atoms with Crippen molar-refractivity contribution in [1.82, 2.24) is 25.1 Å². The van der Waals surface area contributed by atoms with Gasteiger partial charge in [-0.05, 0) is 59.4 Å². The van der Waals surface area contributed by atoms with Gasteiger partial charge in [-0.3, -0.25) is 4.79 Å². The smallest absolute Gasteiger partial charge is 0.251 e. The van der Waals surface area contributed by atoms with Crippen LogP contribution >= 0.6 is 0 Å². The van der Waals surface area contributed by atoms with Gasteiger partial charge in [-0.15, -0.1) is 0 Å². The van der Waals surface area contributed by atoms with E-state index in [2.05, 4.69) is 27.3 Å². The number of rotatable bonds is 5. The van der Waals surface area contributed by atoms with Crippen LogP contribution < -0.4 is 5.32 Å². The fraction of sp³-hybridized carbons (Fsp3) is 0.556. The Bertz CT molecular complexity index is 756. The molecule has 1 amide bonds. The summed E-state index contributed by atoms with van der Waals surface area (Å²) >= 11 is 0. The minimum absolute atomic E-state index is 0.0569. The summed E-state index contributed by atoms with van der Waals surface area (Å²) < 4.78 is 1.74. The molecule has 1 aliphatic rings. The molecule has 2 aromatic rings. The average molecular weight is 327 g/mol. The van der Waals surface area contributed by atoms with E-state index < -0.39 is 0 Å². The van der Waals surface area contributed by atoms with E-state index in [4.69, 9.17) is 0 Å². The Morgan fingerprint density at radius 1 is 1.25 bits per heavy atom. The standard InChI is InChI=1S/C18H25N5O/c1-10-8-11(2)20-18(19-10)23-14(5)16(13(4)22-23)9-17(24)21-12(3)15-6-7-15/h8,12,15H,6-7,9H2,1-5H3,(H,21,24). The summed E-state index contributed by atoms with van der Waals surface area (Å²) in [5.74, 6) is 1.27. The van der Waals surface area contributed by atoms with Crippen LogP contribution in [0.1, 0.15) is 48.1 Å². The fourth-order valence-electron chi connectivity index (χ4n) is 3.11. The Hall–Kier alpha value is -2.24. The van der Waals surface area contributed by atoms with Crippen LogP contribution in [0.25, 0.3) is 5.95 Å². The molecule has 0 aliphatic heterocycles. The summed E-state index contributed by atoms with van der Waals surface area (Å²) in [6.07, 6.45) is 2.79. The quantitative estimate of drug-likeness (QED) is 0.915. The molecule has 0 saturated heterocycles. The van der Waals surface area contributed by atoms with Crippen molar-refractivity contribution in [3.8, 4) is 5.95 Å². The Kier molecular flexibility index (Phi) is 4.39. The number of amides is 1. The summed E-state index contributed by atoms with van der Waals surface area (Å²) in [5.41, 5.74) is 4.54. The van der Waals surface area contributed by atoms with Crippen molar-refractivity contribution in [2.75, 3.05) is 0 Å². The van der Waals surface area contributed by atoms with E-state index >= 15 is 0 Å². The first-order chi connectivity index (χ1) is 11.3. The highest BCUT2D eigenvalue weighted by atomic mass is 16.1. The molecule has 6 nitrogen and oxygen atoms in total. The normalized spacial score (nSPS) is 15.4. The van der Waals surface area contributed by atoms with E-state index in [0.717, 1.165) is 28.3 Å². The van der Waals surface area contributed by atoms with E-state index in [0.29, 0.717) is 18.3 Å². The Morgan fingerprint density at radius 3 is 2.46 bits per heavy atom. The maximum Gasteiger partial charge on any atom is 0.251 e. The van der Waals surface area contributed by atoms with E-state index in [9.17, 15) is 4.79 Å². The van der Waals surface area contributed by atoms with Gasteiger partial charge in [0.1, 0.15) is 0 Å². The highest BCUT2D eigenvalue weighted by Crippen LogP contribution is 2.32. The number of hydrogen-bond donors (Lipinski definition) is 1. The van der Waals surface area contributed by atoms with Crippen LogP contribution in [0.3, 0.4) is 0 Å². The zero-order valence-electron chi connectivity index (χ0n) is 15.1. The molecule has 1 fully saturated rings. The van der Waals surface area contributed by atoms with Crippen molar-refractivity contribution >= 4 is 5.91 Å². The maximum atomic E-state index is 12.3. The predicted molar refractivity (Wildman–Crippen MR) is 92.1 cm³/mol. The second-order valence-corrected chi connectivity index (χ2v) is 6.88. The highest BCUT2D eigenvalue weighted by Gasteiger charge is 2.29. The van der Waals surface area contributed by atoms with Crippen LogP contribution in [0, 0.1) is 33.6 Å². The summed E-state index contributed by atoms with van der Waals surface area (Å²) in [6, 6.07) is 2.19. The van der Waals surface area contributed by atoms with Crippen molar-refractivity contribution in [1.29, 1.82) is 0 Å². The number of carbonyl (C=O) groups excluding carboxylic acids is 1. The molecule has 1 unspecified atom stereocenters. The van der Waals surface area contributed by atoms with Gasteiger partial charge < -0.3 is 5.32 Å². The molecule has 1 N–H and O–H groups in total. The summed E-state index contributed by atoms with van der Waals surface area (Å²) in [5, 5.41) is 7.66. The maximum absolute atomic E-state index is 12.3. The first kappa shape index (κ1) is 16.6. The third-order valence-electron chi connectivity index (χ3n) is 4.66. The van der Waals surface area contributed by atoms with Gasteiger partial charge in [0, 0.05) is 28.7 Å². The molecule has 128 valence electrons. The minimum Gasteiger partial charge on any atom is -0.353 e. The molecule has 1 atom stereocenters. The largest absolute Gasteiger partial charge is 0.353 e. The van der Waals surface area contributed by atoms with E-state index in [-0.39, 0.29) is 11.9 Å². The lowest BCUT2D eigenvalue weighted by Crippen LogP contribution is -2.35. The number of nitrogens with one attached hydrogen (secondary N) is 1. The molecule has 2 heterocycles. The third kappa shape index (κ3) is 3.47. The van der Waals surface area contributed by atoms with Gasteiger partial charge in [0.15, 0.2) is 0 Å². The van der Waals surface area contributed by atoms with Crippen LogP contribution in [0.5, 0.6) is 0 Å². The Balaban J connectivity index is 1.82. The van der Waals surface area contributed by atoms with Gasteiger partial charge in [0.25, 0.3) is 5.95 Å². The highest BCUT2D eigenvalue weighted by molar-refractivity contribution is 5.79. The van der Waals surface area contributed by atoms with Gasteiger partial charge in [-0.2, -0.15) is 5.10 Å². The topological polar surface area (TPSA) is 72.7 Å². The minimum atomic E-state index is 0.0569. The predicted octanol–water partition coefficient (Wildman–Crippen LogP) is 2.35. The lowest BCUT2D eigenvalue weighted by Gasteiger charge is -2.12. The molecule has 0 bridgehead atoms. The van der Waals surface area contributed by atoms with E-state index in [1.807, 2.05) is 33.8 Å². The molecule has 3 rings (SSSR count). The first-order valence-corrected chi connectivity index (χ1v) is 8.52. The molecule has 0 aromatic carbocycles. The molecule has 0 spiro atoms. The molecule has 2 aromatic heterocycles. The number of aryl methyl sites for hydroxylation is 3. The van der Waals surface area contributed by atoms with E-state index in [1.54, 1.807) is 4.68 Å². The number of hydrogen-bond acceptors (Lipinski definition) is 4. The van der Waals surface area contributed by atoms with Gasteiger partial charge in [-0.25, -0.2) is 14.6 Å². The third-order valence-corrected chi connectivity index (χ3v) is 4.66. The lowest BCUT2D eigenvalue weighted by molar-refractivity contribution is -0.121. The molecule has 1 saturated carbocycles. The van der Waals surface area contributed by atoms with Crippen LogP contribution in [0.2, 0.25) is 0 Å². The SMILES string of the molecule is Cc1cc(C)nc(-n2nc(C)c(CC(=O)NC(C)C3CC3)c2C)n1. The molecule has 24 heavy (non-hydrogen) atoms. The first-order valence-electron chi connectivity index (χ1n) is 8.52. The number of nitrogens with zero attached hydrogens (tertiary/aromatic N) is 4. The zero-order valence-corrected chi connectivity index (χ0v) is 15.1. The van der Waals surface area contributed by atoms with Gasteiger partial charge in [0.05, 0.1) is 12.1 Å². The fourth-order valence-corrected chi connectivity index (χ4v) is 3.11. The van der Waals surface area contributed by atoms with Crippen molar-refractivity contribution < 1.29 is 4.79 Å². The summed E-state index contributed by atoms with van der Waals surface area (Å²) in [7, 11) is 0. The molecular formula is C18H25N5O. The molecule has 1 aliphatic carbocycles. The Morgan fingerprint density at radius 2 is 1.88 bits per heavy atom. The Labute approximate surface area is 142 Å². The van der Waals surface area contributed by atoms with Crippen LogP contribution in [0.15, 0.2) is 6.07 Å². The van der Waals surface area contributed by atoms with Gasteiger partial charge in [-0.1, -0.05) is 0 Å².